The predicted octanol–water partition coefficient (Wildman–Crippen LogP) is 4.64. The Morgan fingerprint density at radius 1 is 1.43 bits per heavy atom. The summed E-state index contributed by atoms with van der Waals surface area (Å²) in [5.41, 5.74) is 1.44. The first-order valence-corrected chi connectivity index (χ1v) is 11.7. The molecule has 0 saturated heterocycles. The lowest BCUT2D eigenvalue weighted by Gasteiger charge is -2.23. The molecule has 8 heteroatoms. The van der Waals surface area contributed by atoms with Crippen LogP contribution in [0, 0.1) is 0 Å². The van der Waals surface area contributed by atoms with Crippen molar-refractivity contribution in [2.75, 3.05) is 4.72 Å². The Morgan fingerprint density at radius 2 is 2.17 bits per heavy atom. The molecule has 1 atom stereocenters. The smallest absolute Gasteiger partial charge is 0.348 e. The first-order chi connectivity index (χ1) is 10.8. The number of anilines is 1. The molecule has 0 amide bonds. The second-order valence-electron chi connectivity index (χ2n) is 5.13. The number of unbranched alkanes of at least 4 members (excludes halogenated alkanes) is 1. The molecule has 1 heterocycles. The molecule has 0 spiro atoms. The molecule has 126 valence electrons. The number of aryl methyl sites for hydroxylation is 1. The molecule has 23 heavy (non-hydrogen) atoms. The van der Waals surface area contributed by atoms with E-state index in [9.17, 15) is 9.00 Å². The van der Waals surface area contributed by atoms with Crippen LogP contribution in [0.4, 0.5) is 5.69 Å². The van der Waals surface area contributed by atoms with Gasteiger partial charge >= 0.3 is 5.97 Å². The second-order valence-corrected chi connectivity index (χ2v) is 10.7. The zero-order valence-electron chi connectivity index (χ0n) is 12.6. The molecule has 0 radical (unpaired) electrons. The number of hydrogen-bond acceptors (Lipinski definition) is 3. The Hall–Kier alpha value is -0.940. The van der Waals surface area contributed by atoms with Crippen LogP contribution in [0.3, 0.4) is 0 Å². The van der Waals surface area contributed by atoms with Crippen molar-refractivity contribution < 1.29 is 14.1 Å². The van der Waals surface area contributed by atoms with Crippen molar-refractivity contribution in [1.29, 1.82) is 0 Å². The summed E-state index contributed by atoms with van der Waals surface area (Å²) in [4.78, 5) is 11.8. The number of nitrogens with one attached hydrogen (secondary N) is 1. The van der Waals surface area contributed by atoms with Crippen LogP contribution in [-0.4, -0.2) is 15.3 Å². The van der Waals surface area contributed by atoms with Crippen LogP contribution in [0.5, 0.6) is 0 Å². The van der Waals surface area contributed by atoms with Crippen molar-refractivity contribution in [1.82, 2.24) is 0 Å². The fraction of sp³-hybridized carbons (Fsp3) is 0.267. The van der Waals surface area contributed by atoms with Crippen LogP contribution in [0.25, 0.3) is 0 Å². The van der Waals surface area contributed by atoms with Gasteiger partial charge < -0.3 is 9.83 Å². The summed E-state index contributed by atoms with van der Waals surface area (Å²) in [6, 6.07) is 7.10. The lowest BCUT2D eigenvalue weighted by molar-refractivity contribution is 0.0703. The largest absolute Gasteiger partial charge is 0.477 e. The van der Waals surface area contributed by atoms with E-state index in [0.717, 1.165) is 36.2 Å². The quantitative estimate of drug-likeness (QED) is 0.476. The van der Waals surface area contributed by atoms with Crippen molar-refractivity contribution in [2.45, 2.75) is 31.1 Å². The number of thiophene rings is 1. The summed E-state index contributed by atoms with van der Waals surface area (Å²) < 4.78 is 15.8. The van der Waals surface area contributed by atoms with Crippen LogP contribution in [0.15, 0.2) is 34.5 Å². The second kappa shape index (κ2) is 7.75. The van der Waals surface area contributed by atoms with E-state index in [4.69, 9.17) is 16.7 Å². The van der Waals surface area contributed by atoms with Crippen LogP contribution in [-0.2, 0) is 16.2 Å². The number of benzene rings is 1. The lowest BCUT2D eigenvalue weighted by atomic mass is 10.1. The molecule has 0 fully saturated rings. The van der Waals surface area contributed by atoms with E-state index in [1.54, 1.807) is 17.5 Å². The van der Waals surface area contributed by atoms with E-state index in [1.807, 2.05) is 12.1 Å². The van der Waals surface area contributed by atoms with E-state index in [1.165, 1.54) is 0 Å². The molecule has 0 bridgehead atoms. The van der Waals surface area contributed by atoms with E-state index < -0.39 is 15.7 Å². The number of halogens is 1. The Kier molecular flexibility index (Phi) is 6.20. The van der Waals surface area contributed by atoms with Gasteiger partial charge in [-0.2, -0.15) is 0 Å². The van der Waals surface area contributed by atoms with E-state index in [0.29, 0.717) is 15.6 Å². The topological polar surface area (TPSA) is 66.4 Å². The minimum absolute atomic E-state index is 0.128. The maximum Gasteiger partial charge on any atom is 0.348 e. The van der Waals surface area contributed by atoms with Crippen molar-refractivity contribution >= 4 is 52.8 Å². The average Bonchev–Trinajstić information content (AvgIpc) is 2.92. The molecule has 2 rings (SSSR count). The summed E-state index contributed by atoms with van der Waals surface area (Å²) in [6.07, 6.45) is 3.10. The van der Waals surface area contributed by atoms with Crippen LogP contribution >= 0.6 is 31.4 Å². The first-order valence-electron chi connectivity index (χ1n) is 7.12. The van der Waals surface area contributed by atoms with Crippen LogP contribution < -0.4 is 4.72 Å². The van der Waals surface area contributed by atoms with Gasteiger partial charge in [-0.25, -0.2) is 4.79 Å². The molecule has 0 aliphatic carbocycles. The number of aromatic carboxylic acids is 1. The van der Waals surface area contributed by atoms with Gasteiger partial charge in [-0.05, 0) is 60.2 Å². The summed E-state index contributed by atoms with van der Waals surface area (Å²) in [5, 5.41) is 11.2. The average molecular weight is 392 g/mol. The third kappa shape index (κ3) is 4.54. The highest BCUT2D eigenvalue weighted by Crippen LogP contribution is 2.36. The zero-order chi connectivity index (χ0) is 17.0. The number of rotatable bonds is 7. The van der Waals surface area contributed by atoms with Crippen molar-refractivity contribution in [3.05, 3.63) is 45.1 Å². The molecule has 2 aromatic rings. The minimum atomic E-state index is -3.11. The molecular formula is C15H19ClNO3PS2. The molecule has 4 nitrogen and oxygen atoms in total. The number of carboxylic acid groups (broad SMARTS) is 1. The SMILES string of the molecule is CCCCc1ccc([SH](=O)(P)Nc2ccsc2C(=O)O)c(Cl)c1. The molecule has 1 aromatic carbocycles. The monoisotopic (exact) mass is 391 g/mol. The van der Waals surface area contributed by atoms with E-state index >= 15 is 0 Å². The molecule has 0 aliphatic rings. The maximum atomic E-state index is 13.0. The van der Waals surface area contributed by atoms with Gasteiger partial charge in [0.05, 0.1) is 15.6 Å². The minimum Gasteiger partial charge on any atom is -0.477 e. The Balaban J connectivity index is 2.27. The molecule has 1 unspecified atom stereocenters. The van der Waals surface area contributed by atoms with Gasteiger partial charge in [0.2, 0.25) is 0 Å². The Morgan fingerprint density at radius 3 is 2.78 bits per heavy atom. The van der Waals surface area contributed by atoms with Crippen molar-refractivity contribution in [3.63, 3.8) is 0 Å². The standard InChI is InChI=1S/C15H19ClNO3PS2/c1-2-3-4-10-5-6-13(11(16)9-10)23(20,21)17-12-7-8-22-14(12)15(18)19/h5-9,23H,2-4,21H2,1H3,(H,17,20)(H,18,19). The fourth-order valence-corrected chi connectivity index (χ4v) is 6.18. The number of carboxylic acids is 1. The van der Waals surface area contributed by atoms with Gasteiger partial charge in [0, 0.05) is 0 Å². The maximum absolute atomic E-state index is 13.0. The summed E-state index contributed by atoms with van der Waals surface area (Å²) in [6.45, 7) is 2.12. The molecule has 1 aromatic heterocycles. The van der Waals surface area contributed by atoms with Gasteiger partial charge in [-0.15, -0.1) is 11.3 Å². The normalized spacial score (nSPS) is 12.1. The van der Waals surface area contributed by atoms with Crippen molar-refractivity contribution in [2.24, 2.45) is 0 Å². The summed E-state index contributed by atoms with van der Waals surface area (Å²) in [5.74, 6) is -1.05. The lowest BCUT2D eigenvalue weighted by Crippen LogP contribution is -2.16. The number of carbonyl (C=O) groups is 1. The predicted molar refractivity (Wildman–Crippen MR) is 102 cm³/mol. The molecule has 0 aliphatic heterocycles. The highest BCUT2D eigenvalue weighted by Gasteiger charge is 2.20. The molecule has 0 saturated carbocycles. The van der Waals surface area contributed by atoms with Crippen LogP contribution in [0.1, 0.15) is 35.0 Å². The zero-order valence-corrected chi connectivity index (χ0v) is 16.2. The highest BCUT2D eigenvalue weighted by molar-refractivity contribution is 8.46. The summed E-state index contributed by atoms with van der Waals surface area (Å²) in [7, 11) is -0.820. The van der Waals surface area contributed by atoms with Crippen molar-refractivity contribution in [3.8, 4) is 0 Å². The first kappa shape index (κ1) is 18.4. The number of thiol groups is 1. The Labute approximate surface area is 147 Å². The fourth-order valence-electron chi connectivity index (χ4n) is 2.16. The van der Waals surface area contributed by atoms with Crippen LogP contribution in [0.2, 0.25) is 5.02 Å². The highest BCUT2D eigenvalue weighted by atomic mass is 35.5. The van der Waals surface area contributed by atoms with Gasteiger partial charge in [-0.1, -0.05) is 31.0 Å². The Bertz CT molecular complexity index is 763. The third-order valence-corrected chi connectivity index (χ3v) is 7.58. The van der Waals surface area contributed by atoms with Gasteiger partial charge in [0.1, 0.15) is 4.88 Å². The summed E-state index contributed by atoms with van der Waals surface area (Å²) >= 11 is 7.38. The number of hydrogen-bond donors (Lipinski definition) is 3. The molecule has 2 N–H and O–H groups in total. The van der Waals surface area contributed by atoms with E-state index in [2.05, 4.69) is 20.1 Å². The van der Waals surface area contributed by atoms with Gasteiger partial charge in [-0.3, -0.25) is 4.21 Å². The van der Waals surface area contributed by atoms with Gasteiger partial charge in [0.15, 0.2) is 0 Å². The van der Waals surface area contributed by atoms with Gasteiger partial charge in [0.25, 0.3) is 0 Å². The van der Waals surface area contributed by atoms with E-state index in [-0.39, 0.29) is 4.88 Å². The third-order valence-electron chi connectivity index (χ3n) is 3.33. The molecular weight excluding hydrogens is 373 g/mol.